The highest BCUT2D eigenvalue weighted by Gasteiger charge is 2.32. The molecule has 0 N–H and O–H groups in total. The molecule has 0 spiro atoms. The molecule has 0 radical (unpaired) electrons. The Bertz CT molecular complexity index is 261. The monoisotopic (exact) mass is 253 g/mol. The van der Waals surface area contributed by atoms with Crippen molar-refractivity contribution < 1.29 is 4.79 Å². The third-order valence-corrected chi connectivity index (χ3v) is 4.50. The van der Waals surface area contributed by atoms with Gasteiger partial charge < -0.3 is 9.69 Å². The van der Waals surface area contributed by atoms with E-state index in [-0.39, 0.29) is 5.41 Å². The van der Waals surface area contributed by atoms with E-state index in [0.717, 1.165) is 38.4 Å². The minimum atomic E-state index is -0.136. The second-order valence-electron chi connectivity index (χ2n) is 7.44. The van der Waals surface area contributed by atoms with Gasteiger partial charge in [-0.1, -0.05) is 41.0 Å². The van der Waals surface area contributed by atoms with Crippen molar-refractivity contribution >= 4 is 6.29 Å². The Hall–Kier alpha value is -0.370. The summed E-state index contributed by atoms with van der Waals surface area (Å²) < 4.78 is 0. The van der Waals surface area contributed by atoms with Gasteiger partial charge >= 0.3 is 0 Å². The van der Waals surface area contributed by atoms with Crippen molar-refractivity contribution in [2.45, 2.75) is 60.3 Å². The molecule has 2 heteroatoms. The summed E-state index contributed by atoms with van der Waals surface area (Å²) in [4.78, 5) is 13.8. The number of rotatable bonds is 5. The highest BCUT2D eigenvalue weighted by Crippen LogP contribution is 2.35. The SMILES string of the molecule is CCCC(C)(C=O)CN1CCC(C(C)(C)C)CC1. The van der Waals surface area contributed by atoms with Crippen LogP contribution in [0, 0.1) is 16.7 Å². The van der Waals surface area contributed by atoms with E-state index >= 15 is 0 Å². The van der Waals surface area contributed by atoms with Crippen molar-refractivity contribution in [2.75, 3.05) is 19.6 Å². The molecule has 0 saturated carbocycles. The fourth-order valence-corrected chi connectivity index (χ4v) is 3.21. The van der Waals surface area contributed by atoms with Crippen molar-refractivity contribution in [3.05, 3.63) is 0 Å². The van der Waals surface area contributed by atoms with Gasteiger partial charge in [-0.2, -0.15) is 0 Å². The van der Waals surface area contributed by atoms with Crippen LogP contribution in [-0.4, -0.2) is 30.8 Å². The van der Waals surface area contributed by atoms with Gasteiger partial charge in [0.25, 0.3) is 0 Å². The number of piperidine rings is 1. The largest absolute Gasteiger partial charge is 0.303 e. The molecule has 1 unspecified atom stereocenters. The number of carbonyl (C=O) groups excluding carboxylic acids is 1. The number of likely N-dealkylation sites (tertiary alicyclic amines) is 1. The molecule has 0 amide bonds. The van der Waals surface area contributed by atoms with E-state index in [9.17, 15) is 4.79 Å². The van der Waals surface area contributed by atoms with Gasteiger partial charge in [0.15, 0.2) is 0 Å². The van der Waals surface area contributed by atoms with Crippen LogP contribution >= 0.6 is 0 Å². The van der Waals surface area contributed by atoms with Crippen molar-refractivity contribution in [2.24, 2.45) is 16.7 Å². The van der Waals surface area contributed by atoms with Crippen LogP contribution < -0.4 is 0 Å². The van der Waals surface area contributed by atoms with Crippen LogP contribution in [0.15, 0.2) is 0 Å². The first-order valence-corrected chi connectivity index (χ1v) is 7.49. The lowest BCUT2D eigenvalue weighted by Crippen LogP contribution is -2.43. The maximum absolute atomic E-state index is 11.3. The molecule has 1 rings (SSSR count). The summed E-state index contributed by atoms with van der Waals surface area (Å²) in [6, 6.07) is 0. The summed E-state index contributed by atoms with van der Waals surface area (Å²) in [6.45, 7) is 14.6. The second-order valence-corrected chi connectivity index (χ2v) is 7.44. The van der Waals surface area contributed by atoms with Gasteiger partial charge in [-0.05, 0) is 43.7 Å². The van der Waals surface area contributed by atoms with E-state index < -0.39 is 0 Å². The molecule has 1 heterocycles. The van der Waals surface area contributed by atoms with Crippen molar-refractivity contribution in [3.63, 3.8) is 0 Å². The van der Waals surface area contributed by atoms with Gasteiger partial charge in [-0.15, -0.1) is 0 Å². The molecule has 18 heavy (non-hydrogen) atoms. The standard InChI is InChI=1S/C16H31NO/c1-6-9-16(5,13-18)12-17-10-7-14(8-11-17)15(2,3)4/h13-14H,6-12H2,1-5H3. The van der Waals surface area contributed by atoms with E-state index in [0.29, 0.717) is 5.41 Å². The van der Waals surface area contributed by atoms with Crippen molar-refractivity contribution in [1.29, 1.82) is 0 Å². The lowest BCUT2D eigenvalue weighted by Gasteiger charge is -2.41. The molecular formula is C16H31NO. The summed E-state index contributed by atoms with van der Waals surface area (Å²) in [6.07, 6.45) is 5.84. The second kappa shape index (κ2) is 6.18. The molecule has 0 aromatic rings. The molecule has 1 aliphatic heterocycles. The van der Waals surface area contributed by atoms with Crippen LogP contribution in [0.1, 0.15) is 60.3 Å². The Kier molecular flexibility index (Phi) is 5.39. The fraction of sp³-hybridized carbons (Fsp3) is 0.938. The predicted molar refractivity (Wildman–Crippen MR) is 77.7 cm³/mol. The molecule has 106 valence electrons. The molecule has 1 atom stereocenters. The molecule has 0 bridgehead atoms. The smallest absolute Gasteiger partial charge is 0.127 e. The van der Waals surface area contributed by atoms with Crippen LogP contribution in [0.25, 0.3) is 0 Å². The molecule has 0 aromatic carbocycles. The van der Waals surface area contributed by atoms with E-state index in [4.69, 9.17) is 0 Å². The Morgan fingerprint density at radius 1 is 1.17 bits per heavy atom. The first kappa shape index (κ1) is 15.7. The number of aldehydes is 1. The van der Waals surface area contributed by atoms with Crippen LogP contribution in [0.3, 0.4) is 0 Å². The normalized spacial score (nSPS) is 22.7. The quantitative estimate of drug-likeness (QED) is 0.696. The fourth-order valence-electron chi connectivity index (χ4n) is 3.21. The maximum atomic E-state index is 11.3. The van der Waals surface area contributed by atoms with Crippen LogP contribution in [0.2, 0.25) is 0 Å². The third kappa shape index (κ3) is 4.38. The molecule has 0 aromatic heterocycles. The van der Waals surface area contributed by atoms with E-state index in [1.807, 2.05) is 0 Å². The van der Waals surface area contributed by atoms with E-state index in [1.165, 1.54) is 19.1 Å². The van der Waals surface area contributed by atoms with Gasteiger partial charge in [-0.25, -0.2) is 0 Å². The Morgan fingerprint density at radius 3 is 2.11 bits per heavy atom. The van der Waals surface area contributed by atoms with Gasteiger partial charge in [-0.3, -0.25) is 0 Å². The summed E-state index contributed by atoms with van der Waals surface area (Å²) in [5.74, 6) is 0.836. The number of carbonyl (C=O) groups is 1. The Labute approximate surface area is 113 Å². The van der Waals surface area contributed by atoms with Crippen molar-refractivity contribution in [3.8, 4) is 0 Å². The van der Waals surface area contributed by atoms with Crippen LogP contribution in [-0.2, 0) is 4.79 Å². The molecule has 1 aliphatic rings. The number of nitrogens with zero attached hydrogens (tertiary/aromatic N) is 1. The predicted octanol–water partition coefficient (Wildman–Crippen LogP) is 3.75. The molecular weight excluding hydrogens is 222 g/mol. The zero-order chi connectivity index (χ0) is 13.8. The summed E-state index contributed by atoms with van der Waals surface area (Å²) >= 11 is 0. The summed E-state index contributed by atoms with van der Waals surface area (Å²) in [5.41, 5.74) is 0.298. The van der Waals surface area contributed by atoms with Crippen molar-refractivity contribution in [1.82, 2.24) is 4.90 Å². The van der Waals surface area contributed by atoms with E-state index in [2.05, 4.69) is 39.5 Å². The van der Waals surface area contributed by atoms with Gasteiger partial charge in [0.05, 0.1) is 0 Å². The zero-order valence-electron chi connectivity index (χ0n) is 13.0. The van der Waals surface area contributed by atoms with Gasteiger partial charge in [0.2, 0.25) is 0 Å². The lowest BCUT2D eigenvalue weighted by atomic mass is 9.75. The summed E-state index contributed by atoms with van der Waals surface area (Å²) in [7, 11) is 0. The topological polar surface area (TPSA) is 20.3 Å². The molecule has 2 nitrogen and oxygen atoms in total. The number of hydrogen-bond donors (Lipinski definition) is 0. The lowest BCUT2D eigenvalue weighted by molar-refractivity contribution is -0.117. The molecule has 1 saturated heterocycles. The zero-order valence-corrected chi connectivity index (χ0v) is 13.0. The average Bonchev–Trinajstić information content (AvgIpc) is 2.29. The van der Waals surface area contributed by atoms with Crippen LogP contribution in [0.4, 0.5) is 0 Å². The summed E-state index contributed by atoms with van der Waals surface area (Å²) in [5, 5.41) is 0. The number of hydrogen-bond acceptors (Lipinski definition) is 2. The highest BCUT2D eigenvalue weighted by molar-refractivity contribution is 5.59. The average molecular weight is 253 g/mol. The Balaban J connectivity index is 2.46. The van der Waals surface area contributed by atoms with Gasteiger partial charge in [0.1, 0.15) is 6.29 Å². The molecule has 1 fully saturated rings. The van der Waals surface area contributed by atoms with Crippen LogP contribution in [0.5, 0.6) is 0 Å². The first-order valence-electron chi connectivity index (χ1n) is 7.49. The minimum Gasteiger partial charge on any atom is -0.303 e. The minimum absolute atomic E-state index is 0.136. The third-order valence-electron chi connectivity index (χ3n) is 4.50. The maximum Gasteiger partial charge on any atom is 0.127 e. The highest BCUT2D eigenvalue weighted by atomic mass is 16.1. The first-order chi connectivity index (χ1) is 8.30. The van der Waals surface area contributed by atoms with E-state index in [1.54, 1.807) is 0 Å². The van der Waals surface area contributed by atoms with Gasteiger partial charge in [0, 0.05) is 12.0 Å². The molecule has 0 aliphatic carbocycles. The Morgan fingerprint density at radius 2 is 1.72 bits per heavy atom.